The molecule has 4 heterocycles. The Bertz CT molecular complexity index is 1080. The molecule has 1 aliphatic rings. The van der Waals surface area contributed by atoms with Gasteiger partial charge in [-0.15, -0.1) is 5.10 Å². The summed E-state index contributed by atoms with van der Waals surface area (Å²) in [5.74, 6) is -2.21. The van der Waals surface area contributed by atoms with E-state index in [1.165, 1.54) is 15.8 Å². The van der Waals surface area contributed by atoms with E-state index in [1.807, 2.05) is 20.8 Å². The molecule has 0 unspecified atom stereocenters. The van der Waals surface area contributed by atoms with Crippen LogP contribution in [0.3, 0.4) is 0 Å². The van der Waals surface area contributed by atoms with Crippen molar-refractivity contribution in [2.45, 2.75) is 51.4 Å². The van der Waals surface area contributed by atoms with Crippen molar-refractivity contribution in [3.8, 4) is 0 Å². The van der Waals surface area contributed by atoms with Gasteiger partial charge in [-0.3, -0.25) is 4.68 Å². The van der Waals surface area contributed by atoms with Crippen LogP contribution in [-0.2, 0) is 18.3 Å². The second-order valence-corrected chi connectivity index (χ2v) is 8.29. The first-order valence-electron chi connectivity index (χ1n) is 9.19. The van der Waals surface area contributed by atoms with Gasteiger partial charge in [0.1, 0.15) is 12.5 Å². The molecular weight excluding hydrogens is 411 g/mol. The van der Waals surface area contributed by atoms with E-state index in [9.17, 15) is 22.0 Å². The molecule has 4 rings (SSSR count). The van der Waals surface area contributed by atoms with E-state index in [2.05, 4.69) is 25.4 Å². The first-order chi connectivity index (χ1) is 13.8. The number of hydrogen-bond acceptors (Lipinski definition) is 6. The summed E-state index contributed by atoms with van der Waals surface area (Å²) in [4.78, 5) is 10.4. The molecule has 0 spiro atoms. The van der Waals surface area contributed by atoms with Crippen molar-refractivity contribution in [3.63, 3.8) is 0 Å². The van der Waals surface area contributed by atoms with Gasteiger partial charge in [-0.2, -0.15) is 18.3 Å². The highest BCUT2D eigenvalue weighted by molar-refractivity contribution is 5.83. The third-order valence-electron chi connectivity index (χ3n) is 4.69. The molecule has 8 nitrogen and oxygen atoms in total. The van der Waals surface area contributed by atoms with Crippen LogP contribution in [0.25, 0.3) is 11.2 Å². The molecule has 162 valence electrons. The summed E-state index contributed by atoms with van der Waals surface area (Å²) in [7, 11) is 0. The Morgan fingerprint density at radius 2 is 1.87 bits per heavy atom. The molecule has 0 N–H and O–H groups in total. The lowest BCUT2D eigenvalue weighted by Crippen LogP contribution is -2.27. The Hall–Kier alpha value is -2.86. The second kappa shape index (κ2) is 6.57. The fourth-order valence-electron chi connectivity index (χ4n) is 3.14. The average molecular weight is 430 g/mol. The topological polar surface area (TPSA) is 77.5 Å². The summed E-state index contributed by atoms with van der Waals surface area (Å²) in [5.41, 5.74) is -1.08. The van der Waals surface area contributed by atoms with Gasteiger partial charge in [-0.05, 0) is 6.07 Å². The Kier molecular flexibility index (Phi) is 4.47. The zero-order valence-electron chi connectivity index (χ0n) is 16.5. The number of anilines is 1. The summed E-state index contributed by atoms with van der Waals surface area (Å²) in [5, 5.41) is 11.5. The summed E-state index contributed by atoms with van der Waals surface area (Å²) in [6, 6.07) is 0.854. The van der Waals surface area contributed by atoms with Crippen LogP contribution in [0.2, 0.25) is 0 Å². The minimum Gasteiger partial charge on any atom is -0.348 e. The van der Waals surface area contributed by atoms with Gasteiger partial charge in [0.15, 0.2) is 22.7 Å². The first kappa shape index (κ1) is 20.4. The van der Waals surface area contributed by atoms with Crippen molar-refractivity contribution in [2.75, 3.05) is 18.0 Å². The van der Waals surface area contributed by atoms with Gasteiger partial charge in [0.2, 0.25) is 0 Å². The number of aromatic nitrogens is 7. The van der Waals surface area contributed by atoms with Crippen LogP contribution >= 0.6 is 0 Å². The normalized spacial score (nSPS) is 17.3. The summed E-state index contributed by atoms with van der Waals surface area (Å²) < 4.78 is 68.3. The zero-order chi connectivity index (χ0) is 21.9. The van der Waals surface area contributed by atoms with Gasteiger partial charge in [-0.25, -0.2) is 23.4 Å². The SMILES string of the molecule is CC(C)(C)c1nc(N2CCC(F)(F)C2)c2nnn(Cn3ccc(C(F)(F)F)n3)c2n1. The molecule has 0 radical (unpaired) electrons. The molecule has 0 amide bonds. The van der Waals surface area contributed by atoms with Crippen LogP contribution in [0.4, 0.5) is 27.8 Å². The quantitative estimate of drug-likeness (QED) is 0.595. The smallest absolute Gasteiger partial charge is 0.348 e. The molecule has 1 aliphatic heterocycles. The number of fused-ring (bicyclic) bond motifs is 1. The molecule has 0 saturated carbocycles. The van der Waals surface area contributed by atoms with E-state index in [4.69, 9.17) is 0 Å². The van der Waals surface area contributed by atoms with Crippen LogP contribution < -0.4 is 4.90 Å². The van der Waals surface area contributed by atoms with Gasteiger partial charge in [0, 0.05) is 24.6 Å². The van der Waals surface area contributed by atoms with E-state index in [0.29, 0.717) is 5.82 Å². The van der Waals surface area contributed by atoms with Gasteiger partial charge in [-0.1, -0.05) is 26.0 Å². The van der Waals surface area contributed by atoms with E-state index in [1.54, 1.807) is 0 Å². The Morgan fingerprint density at radius 3 is 2.43 bits per heavy atom. The van der Waals surface area contributed by atoms with E-state index < -0.39 is 29.8 Å². The second-order valence-electron chi connectivity index (χ2n) is 8.29. The zero-order valence-corrected chi connectivity index (χ0v) is 16.5. The summed E-state index contributed by atoms with van der Waals surface area (Å²) in [6.07, 6.45) is -3.69. The molecular formula is C17H19F5N8. The fourth-order valence-corrected chi connectivity index (χ4v) is 3.14. The van der Waals surface area contributed by atoms with Crippen molar-refractivity contribution >= 4 is 17.0 Å². The molecule has 0 bridgehead atoms. The van der Waals surface area contributed by atoms with Crippen molar-refractivity contribution < 1.29 is 22.0 Å². The average Bonchev–Trinajstić information content (AvgIpc) is 3.32. The molecule has 0 aliphatic carbocycles. The third-order valence-corrected chi connectivity index (χ3v) is 4.69. The largest absolute Gasteiger partial charge is 0.435 e. The minimum atomic E-state index is -4.56. The maximum Gasteiger partial charge on any atom is 0.435 e. The van der Waals surface area contributed by atoms with Crippen molar-refractivity contribution in [1.82, 2.24) is 34.7 Å². The molecule has 30 heavy (non-hydrogen) atoms. The highest BCUT2D eigenvalue weighted by Crippen LogP contribution is 2.34. The Balaban J connectivity index is 1.77. The van der Waals surface area contributed by atoms with Crippen molar-refractivity contribution in [3.05, 3.63) is 23.8 Å². The predicted octanol–water partition coefficient (Wildman–Crippen LogP) is 3.09. The lowest BCUT2D eigenvalue weighted by Gasteiger charge is -2.22. The molecule has 3 aromatic heterocycles. The highest BCUT2D eigenvalue weighted by atomic mass is 19.4. The standard InChI is InChI=1S/C17H19F5N8/c1-15(2,3)14-23-12(28-7-5-16(18,19)8-28)11-13(24-14)30(27-25-11)9-29-6-4-10(26-29)17(20,21)22/h4,6H,5,7-9H2,1-3H3. The number of nitrogens with zero attached hydrogens (tertiary/aromatic N) is 8. The number of rotatable bonds is 3. The maximum atomic E-state index is 13.8. The van der Waals surface area contributed by atoms with Crippen LogP contribution in [0.1, 0.15) is 38.7 Å². The van der Waals surface area contributed by atoms with Gasteiger partial charge in [0.25, 0.3) is 5.92 Å². The van der Waals surface area contributed by atoms with E-state index in [-0.39, 0.29) is 36.6 Å². The van der Waals surface area contributed by atoms with Crippen LogP contribution in [0, 0.1) is 0 Å². The van der Waals surface area contributed by atoms with Crippen molar-refractivity contribution in [1.29, 1.82) is 0 Å². The Morgan fingerprint density at radius 1 is 1.13 bits per heavy atom. The van der Waals surface area contributed by atoms with Crippen molar-refractivity contribution in [2.24, 2.45) is 0 Å². The molecule has 1 saturated heterocycles. The van der Waals surface area contributed by atoms with Crippen LogP contribution in [0.15, 0.2) is 12.3 Å². The number of hydrogen-bond donors (Lipinski definition) is 0. The Labute approximate surface area is 167 Å². The van der Waals surface area contributed by atoms with E-state index >= 15 is 0 Å². The van der Waals surface area contributed by atoms with Gasteiger partial charge in [0.05, 0.1) is 6.54 Å². The first-order valence-corrected chi connectivity index (χ1v) is 9.19. The van der Waals surface area contributed by atoms with Gasteiger partial charge < -0.3 is 4.90 Å². The fraction of sp³-hybridized carbons (Fsp3) is 0.588. The molecule has 1 fully saturated rings. The lowest BCUT2D eigenvalue weighted by atomic mass is 9.96. The van der Waals surface area contributed by atoms with Crippen LogP contribution in [0.5, 0.6) is 0 Å². The third kappa shape index (κ3) is 3.79. The predicted molar refractivity (Wildman–Crippen MR) is 96.2 cm³/mol. The molecule has 0 aromatic carbocycles. The monoisotopic (exact) mass is 430 g/mol. The number of alkyl halides is 5. The van der Waals surface area contributed by atoms with E-state index in [0.717, 1.165) is 10.7 Å². The molecule has 13 heteroatoms. The minimum absolute atomic E-state index is 0.101. The number of halogens is 5. The lowest BCUT2D eigenvalue weighted by molar-refractivity contribution is -0.141. The van der Waals surface area contributed by atoms with Crippen LogP contribution in [-0.4, -0.2) is 53.8 Å². The highest BCUT2D eigenvalue weighted by Gasteiger charge is 2.40. The summed E-state index contributed by atoms with van der Waals surface area (Å²) >= 11 is 0. The maximum absolute atomic E-state index is 13.8. The molecule has 0 atom stereocenters. The van der Waals surface area contributed by atoms with Gasteiger partial charge >= 0.3 is 6.18 Å². The summed E-state index contributed by atoms with van der Waals surface area (Å²) in [6.45, 7) is 5.03. The molecule has 3 aromatic rings.